The molecular formula is C14H29NO2. The van der Waals surface area contributed by atoms with E-state index in [0.29, 0.717) is 19.3 Å². The Morgan fingerprint density at radius 1 is 1.29 bits per heavy atom. The van der Waals surface area contributed by atoms with Crippen molar-refractivity contribution in [3.8, 4) is 0 Å². The molecule has 1 aliphatic carbocycles. The van der Waals surface area contributed by atoms with E-state index < -0.39 is 5.60 Å². The Kier molecular flexibility index (Phi) is 6.45. The topological polar surface area (TPSA) is 41.5 Å². The maximum atomic E-state index is 10.1. The number of aliphatic hydroxyl groups is 1. The van der Waals surface area contributed by atoms with Gasteiger partial charge in [-0.15, -0.1) is 0 Å². The first-order valence-electron chi connectivity index (χ1n) is 7.08. The van der Waals surface area contributed by atoms with Crippen molar-refractivity contribution in [2.45, 2.75) is 64.6 Å². The third-order valence-corrected chi connectivity index (χ3v) is 3.53. The van der Waals surface area contributed by atoms with Gasteiger partial charge in [-0.1, -0.05) is 13.8 Å². The van der Waals surface area contributed by atoms with Crippen LogP contribution in [0.15, 0.2) is 0 Å². The zero-order chi connectivity index (χ0) is 12.7. The van der Waals surface area contributed by atoms with E-state index in [9.17, 15) is 5.11 Å². The molecule has 1 aliphatic rings. The molecule has 2 N–H and O–H groups in total. The zero-order valence-electron chi connectivity index (χ0n) is 11.7. The van der Waals surface area contributed by atoms with E-state index in [1.807, 2.05) is 6.92 Å². The summed E-state index contributed by atoms with van der Waals surface area (Å²) in [5.41, 5.74) is -0.738. The Bertz CT molecular complexity index is 198. The Balaban J connectivity index is 2.15. The maximum absolute atomic E-state index is 10.1. The highest BCUT2D eigenvalue weighted by molar-refractivity contribution is 4.77. The molecule has 1 saturated carbocycles. The minimum Gasteiger partial charge on any atom is -0.386 e. The second-order valence-electron chi connectivity index (χ2n) is 5.87. The molecule has 3 heteroatoms. The summed E-state index contributed by atoms with van der Waals surface area (Å²) in [5.74, 6) is 0.849. The van der Waals surface area contributed by atoms with E-state index in [-0.39, 0.29) is 0 Å². The number of hydrogen-bond acceptors (Lipinski definition) is 3. The predicted molar refractivity (Wildman–Crippen MR) is 71.2 cm³/mol. The fourth-order valence-electron chi connectivity index (χ4n) is 2.28. The second kappa shape index (κ2) is 7.34. The summed E-state index contributed by atoms with van der Waals surface area (Å²) < 4.78 is 5.84. The zero-order valence-corrected chi connectivity index (χ0v) is 11.7. The monoisotopic (exact) mass is 243 g/mol. The van der Waals surface area contributed by atoms with Crippen LogP contribution in [0.2, 0.25) is 0 Å². The van der Waals surface area contributed by atoms with Gasteiger partial charge in [0.05, 0.1) is 18.3 Å². The van der Waals surface area contributed by atoms with Crippen LogP contribution in [-0.2, 0) is 4.74 Å². The molecular weight excluding hydrogens is 214 g/mol. The molecule has 0 heterocycles. The molecule has 0 aliphatic heterocycles. The molecule has 0 aromatic heterocycles. The summed E-state index contributed by atoms with van der Waals surface area (Å²) in [6.07, 6.45) is 6.29. The molecule has 1 fully saturated rings. The quantitative estimate of drug-likeness (QED) is 0.674. The van der Waals surface area contributed by atoms with E-state index in [1.54, 1.807) is 0 Å². The van der Waals surface area contributed by atoms with Crippen LogP contribution in [0.5, 0.6) is 0 Å². The average Bonchev–Trinajstić information content (AvgIpc) is 2.29. The first-order valence-corrected chi connectivity index (χ1v) is 7.08. The van der Waals surface area contributed by atoms with Crippen molar-refractivity contribution in [2.75, 3.05) is 19.7 Å². The van der Waals surface area contributed by atoms with Crippen LogP contribution in [0.4, 0.5) is 0 Å². The highest BCUT2D eigenvalue weighted by atomic mass is 16.5. The van der Waals surface area contributed by atoms with Gasteiger partial charge in [-0.3, -0.25) is 0 Å². The SMILES string of the molecule is CCCNCC(C)(O)COC1CCC(C)CC1. The minimum absolute atomic E-state index is 0.365. The van der Waals surface area contributed by atoms with E-state index in [4.69, 9.17) is 4.74 Å². The van der Waals surface area contributed by atoms with Crippen molar-refractivity contribution in [1.82, 2.24) is 5.32 Å². The normalized spacial score (nSPS) is 28.9. The first-order chi connectivity index (χ1) is 8.03. The molecule has 0 aromatic carbocycles. The van der Waals surface area contributed by atoms with E-state index in [0.717, 1.165) is 31.7 Å². The van der Waals surface area contributed by atoms with E-state index in [1.165, 1.54) is 12.8 Å². The summed E-state index contributed by atoms with van der Waals surface area (Å²) in [5, 5.41) is 13.4. The fourth-order valence-corrected chi connectivity index (χ4v) is 2.28. The van der Waals surface area contributed by atoms with Crippen LogP contribution in [0.25, 0.3) is 0 Å². The largest absolute Gasteiger partial charge is 0.386 e. The lowest BCUT2D eigenvalue weighted by Crippen LogP contribution is -2.43. The standard InChI is InChI=1S/C14H29NO2/c1-4-9-15-10-14(3,16)11-17-13-7-5-12(2)6-8-13/h12-13,15-16H,4-11H2,1-3H3. The Morgan fingerprint density at radius 2 is 1.94 bits per heavy atom. The van der Waals surface area contributed by atoms with E-state index >= 15 is 0 Å². The smallest absolute Gasteiger partial charge is 0.0975 e. The van der Waals surface area contributed by atoms with Gasteiger partial charge in [0.25, 0.3) is 0 Å². The van der Waals surface area contributed by atoms with Gasteiger partial charge < -0.3 is 15.2 Å². The molecule has 17 heavy (non-hydrogen) atoms. The molecule has 1 unspecified atom stereocenters. The van der Waals surface area contributed by atoms with Crippen LogP contribution >= 0.6 is 0 Å². The molecule has 1 atom stereocenters. The maximum Gasteiger partial charge on any atom is 0.0975 e. The summed E-state index contributed by atoms with van der Waals surface area (Å²) in [4.78, 5) is 0. The van der Waals surface area contributed by atoms with Gasteiger partial charge in [0.1, 0.15) is 0 Å². The number of hydrogen-bond donors (Lipinski definition) is 2. The number of rotatable bonds is 7. The summed E-state index contributed by atoms with van der Waals surface area (Å²) in [7, 11) is 0. The lowest BCUT2D eigenvalue weighted by atomic mass is 9.89. The molecule has 0 spiro atoms. The van der Waals surface area contributed by atoms with Crippen molar-refractivity contribution in [2.24, 2.45) is 5.92 Å². The van der Waals surface area contributed by atoms with Gasteiger partial charge in [0.2, 0.25) is 0 Å². The molecule has 0 saturated heterocycles. The van der Waals surface area contributed by atoms with Gasteiger partial charge in [0.15, 0.2) is 0 Å². The van der Waals surface area contributed by atoms with Gasteiger partial charge in [0, 0.05) is 6.54 Å². The van der Waals surface area contributed by atoms with Crippen LogP contribution in [0.1, 0.15) is 52.9 Å². The van der Waals surface area contributed by atoms with Gasteiger partial charge in [-0.05, 0) is 51.5 Å². The lowest BCUT2D eigenvalue weighted by Gasteiger charge is -2.30. The van der Waals surface area contributed by atoms with Crippen LogP contribution in [0, 0.1) is 5.92 Å². The summed E-state index contributed by atoms with van der Waals surface area (Å²) in [6.45, 7) is 8.30. The van der Waals surface area contributed by atoms with Gasteiger partial charge in [-0.2, -0.15) is 0 Å². The number of ether oxygens (including phenoxy) is 1. The first kappa shape index (κ1) is 14.9. The Labute approximate surface area is 106 Å². The third kappa shape index (κ3) is 6.39. The van der Waals surface area contributed by atoms with Gasteiger partial charge in [-0.25, -0.2) is 0 Å². The van der Waals surface area contributed by atoms with Gasteiger partial charge >= 0.3 is 0 Å². The Hall–Kier alpha value is -0.120. The predicted octanol–water partition coefficient (Wildman–Crippen LogP) is 2.33. The minimum atomic E-state index is -0.738. The van der Waals surface area contributed by atoms with Crippen LogP contribution < -0.4 is 5.32 Å². The van der Waals surface area contributed by atoms with E-state index in [2.05, 4.69) is 19.2 Å². The second-order valence-corrected chi connectivity index (χ2v) is 5.87. The van der Waals surface area contributed by atoms with Crippen LogP contribution in [0.3, 0.4) is 0 Å². The van der Waals surface area contributed by atoms with Crippen molar-refractivity contribution >= 4 is 0 Å². The molecule has 102 valence electrons. The van der Waals surface area contributed by atoms with Crippen LogP contribution in [-0.4, -0.2) is 36.5 Å². The Morgan fingerprint density at radius 3 is 2.53 bits per heavy atom. The fraction of sp³-hybridized carbons (Fsp3) is 1.00. The highest BCUT2D eigenvalue weighted by Crippen LogP contribution is 2.26. The van der Waals surface area contributed by atoms with Crippen molar-refractivity contribution in [3.05, 3.63) is 0 Å². The molecule has 1 rings (SSSR count). The molecule has 3 nitrogen and oxygen atoms in total. The van der Waals surface area contributed by atoms with Crippen molar-refractivity contribution < 1.29 is 9.84 Å². The molecule has 0 radical (unpaired) electrons. The highest BCUT2D eigenvalue weighted by Gasteiger charge is 2.24. The molecule has 0 aromatic rings. The summed E-state index contributed by atoms with van der Waals surface area (Å²) in [6, 6.07) is 0. The molecule has 0 amide bonds. The van der Waals surface area contributed by atoms with Crippen molar-refractivity contribution in [1.29, 1.82) is 0 Å². The van der Waals surface area contributed by atoms with Crippen molar-refractivity contribution in [3.63, 3.8) is 0 Å². The lowest BCUT2D eigenvalue weighted by molar-refractivity contribution is -0.0729. The number of nitrogens with one attached hydrogen (secondary N) is 1. The summed E-state index contributed by atoms with van der Waals surface area (Å²) >= 11 is 0. The molecule has 0 bridgehead atoms. The average molecular weight is 243 g/mol. The third-order valence-electron chi connectivity index (χ3n) is 3.53.